The molecule has 2 atom stereocenters. The second kappa shape index (κ2) is 7.41. The van der Waals surface area contributed by atoms with Crippen LogP contribution in [0.5, 0.6) is 0 Å². The number of aromatic nitrogens is 3. The molecule has 0 radical (unpaired) electrons. The molecule has 1 fully saturated rings. The van der Waals surface area contributed by atoms with E-state index in [2.05, 4.69) is 45.2 Å². The Kier molecular flexibility index (Phi) is 4.72. The molecule has 6 nitrogen and oxygen atoms in total. The van der Waals surface area contributed by atoms with Gasteiger partial charge in [-0.05, 0) is 55.2 Å². The Morgan fingerprint density at radius 2 is 1.93 bits per heavy atom. The van der Waals surface area contributed by atoms with E-state index < -0.39 is 10.0 Å². The predicted molar refractivity (Wildman–Crippen MR) is 117 cm³/mol. The second-order valence-corrected chi connectivity index (χ2v) is 9.96. The molecule has 1 saturated heterocycles. The number of aromatic amines is 1. The Morgan fingerprint density at radius 1 is 1.10 bits per heavy atom. The highest BCUT2D eigenvalue weighted by atomic mass is 32.2. The first kappa shape index (κ1) is 19.1. The van der Waals surface area contributed by atoms with Crippen LogP contribution in [0.4, 0.5) is 0 Å². The lowest BCUT2D eigenvalue weighted by Gasteiger charge is -2.21. The van der Waals surface area contributed by atoms with Gasteiger partial charge in [0, 0.05) is 48.0 Å². The van der Waals surface area contributed by atoms with Crippen molar-refractivity contribution >= 4 is 20.9 Å². The van der Waals surface area contributed by atoms with Gasteiger partial charge in [-0.15, -0.1) is 0 Å². The van der Waals surface area contributed by atoms with E-state index in [1.807, 2.05) is 25.4 Å². The summed E-state index contributed by atoms with van der Waals surface area (Å²) >= 11 is 0. The maximum Gasteiger partial charge on any atom is 0.243 e. The van der Waals surface area contributed by atoms with Gasteiger partial charge < -0.3 is 4.57 Å². The van der Waals surface area contributed by atoms with E-state index >= 15 is 0 Å². The molecule has 0 spiro atoms. The number of rotatable bonds is 5. The standard InChI is InChI=1S/C23H24N4O2S/c1-17-11-18(16-27(17)30(28,29)22-5-3-2-4-6-22)15-26-10-9-20-12-19(7-8-23(20)26)21-13-24-25-14-21/h2-10,12-14,17-18H,11,15-16H2,1H3,(H,24,25)/t17-,18-/m1/s1. The molecule has 1 aliphatic heterocycles. The Balaban J connectivity index is 1.36. The van der Waals surface area contributed by atoms with Crippen molar-refractivity contribution in [2.24, 2.45) is 5.92 Å². The summed E-state index contributed by atoms with van der Waals surface area (Å²) in [7, 11) is -3.46. The van der Waals surface area contributed by atoms with Crippen LogP contribution in [0.3, 0.4) is 0 Å². The molecule has 30 heavy (non-hydrogen) atoms. The fourth-order valence-electron chi connectivity index (χ4n) is 4.53. The molecule has 2 aromatic heterocycles. The zero-order chi connectivity index (χ0) is 20.7. The van der Waals surface area contributed by atoms with Crippen LogP contribution in [0.25, 0.3) is 22.0 Å². The van der Waals surface area contributed by atoms with Gasteiger partial charge in [-0.1, -0.05) is 24.3 Å². The fraction of sp³-hybridized carbons (Fsp3) is 0.261. The first-order valence-electron chi connectivity index (χ1n) is 10.2. The average molecular weight is 421 g/mol. The van der Waals surface area contributed by atoms with Crippen molar-refractivity contribution in [2.75, 3.05) is 6.54 Å². The minimum atomic E-state index is -3.46. The molecular formula is C23H24N4O2S. The Bertz CT molecular complexity index is 1260. The molecule has 0 unspecified atom stereocenters. The van der Waals surface area contributed by atoms with E-state index in [4.69, 9.17) is 0 Å². The molecule has 0 bridgehead atoms. The molecule has 7 heteroatoms. The Hall–Kier alpha value is -2.90. The van der Waals surface area contributed by atoms with Gasteiger partial charge in [0.1, 0.15) is 0 Å². The van der Waals surface area contributed by atoms with Gasteiger partial charge in [-0.3, -0.25) is 5.10 Å². The molecule has 3 heterocycles. The monoisotopic (exact) mass is 420 g/mol. The first-order chi connectivity index (χ1) is 14.5. The van der Waals surface area contributed by atoms with E-state index in [0.29, 0.717) is 11.4 Å². The number of sulfonamides is 1. The molecular weight excluding hydrogens is 396 g/mol. The van der Waals surface area contributed by atoms with Crippen LogP contribution < -0.4 is 0 Å². The molecule has 4 aromatic rings. The number of hydrogen-bond donors (Lipinski definition) is 1. The highest BCUT2D eigenvalue weighted by molar-refractivity contribution is 7.89. The molecule has 0 aliphatic carbocycles. The van der Waals surface area contributed by atoms with E-state index in [1.54, 1.807) is 28.6 Å². The van der Waals surface area contributed by atoms with Crippen LogP contribution in [0.1, 0.15) is 13.3 Å². The first-order valence-corrected chi connectivity index (χ1v) is 11.6. The van der Waals surface area contributed by atoms with Crippen LogP contribution in [0, 0.1) is 5.92 Å². The Morgan fingerprint density at radius 3 is 2.70 bits per heavy atom. The number of hydrogen-bond acceptors (Lipinski definition) is 3. The SMILES string of the molecule is C[C@@H]1C[C@H](Cn2ccc3cc(-c4cn[nH]c4)ccc32)CN1S(=O)(=O)c1ccccc1. The lowest BCUT2D eigenvalue weighted by Crippen LogP contribution is -2.34. The highest BCUT2D eigenvalue weighted by Gasteiger charge is 2.37. The number of nitrogens with one attached hydrogen (secondary N) is 1. The summed E-state index contributed by atoms with van der Waals surface area (Å²) in [4.78, 5) is 0.371. The smallest absolute Gasteiger partial charge is 0.243 e. The lowest BCUT2D eigenvalue weighted by molar-refractivity contribution is 0.400. The van der Waals surface area contributed by atoms with Crippen LogP contribution in [0.15, 0.2) is 78.1 Å². The van der Waals surface area contributed by atoms with Crippen LogP contribution >= 0.6 is 0 Å². The van der Waals surface area contributed by atoms with Gasteiger partial charge in [-0.25, -0.2) is 8.42 Å². The van der Waals surface area contributed by atoms with Gasteiger partial charge in [0.05, 0.1) is 11.1 Å². The van der Waals surface area contributed by atoms with Crippen molar-refractivity contribution in [1.82, 2.24) is 19.1 Å². The number of nitrogens with zero attached hydrogens (tertiary/aromatic N) is 3. The normalized spacial score (nSPS) is 20.2. The molecule has 0 saturated carbocycles. The predicted octanol–water partition coefficient (Wildman–Crippen LogP) is 4.13. The van der Waals surface area contributed by atoms with Gasteiger partial charge in [0.2, 0.25) is 10.0 Å². The molecule has 1 N–H and O–H groups in total. The summed E-state index contributed by atoms with van der Waals surface area (Å²) < 4.78 is 30.0. The maximum absolute atomic E-state index is 13.1. The van der Waals surface area contributed by atoms with Crippen molar-refractivity contribution in [3.05, 3.63) is 73.2 Å². The third-order valence-electron chi connectivity index (χ3n) is 6.01. The molecule has 0 amide bonds. The maximum atomic E-state index is 13.1. The van der Waals surface area contributed by atoms with E-state index in [9.17, 15) is 8.42 Å². The van der Waals surface area contributed by atoms with Gasteiger partial charge in [0.25, 0.3) is 0 Å². The van der Waals surface area contributed by atoms with Crippen molar-refractivity contribution < 1.29 is 8.42 Å². The Labute approximate surface area is 176 Å². The summed E-state index contributed by atoms with van der Waals surface area (Å²) in [5, 5.41) is 8.05. The van der Waals surface area contributed by atoms with Crippen LogP contribution in [0.2, 0.25) is 0 Å². The lowest BCUT2D eigenvalue weighted by atomic mass is 10.1. The van der Waals surface area contributed by atoms with Gasteiger partial charge in [0.15, 0.2) is 0 Å². The molecule has 1 aliphatic rings. The number of fused-ring (bicyclic) bond motifs is 1. The minimum absolute atomic E-state index is 0.00488. The molecule has 2 aromatic carbocycles. The fourth-order valence-corrected chi connectivity index (χ4v) is 6.27. The van der Waals surface area contributed by atoms with Crippen LogP contribution in [-0.2, 0) is 16.6 Å². The minimum Gasteiger partial charge on any atom is -0.347 e. The summed E-state index contributed by atoms with van der Waals surface area (Å²) in [6.45, 7) is 3.36. The van der Waals surface area contributed by atoms with E-state index in [0.717, 1.165) is 24.1 Å². The second-order valence-electron chi connectivity index (χ2n) is 8.07. The highest BCUT2D eigenvalue weighted by Crippen LogP contribution is 2.32. The van der Waals surface area contributed by atoms with Crippen molar-refractivity contribution in [3.8, 4) is 11.1 Å². The zero-order valence-electron chi connectivity index (χ0n) is 16.8. The molecule has 5 rings (SSSR count). The third-order valence-corrected chi connectivity index (χ3v) is 8.01. The number of H-pyrrole nitrogens is 1. The third kappa shape index (κ3) is 3.34. The van der Waals surface area contributed by atoms with Gasteiger partial charge in [-0.2, -0.15) is 9.40 Å². The van der Waals surface area contributed by atoms with Crippen LogP contribution in [-0.4, -0.2) is 40.1 Å². The molecule has 154 valence electrons. The van der Waals surface area contributed by atoms with Gasteiger partial charge >= 0.3 is 0 Å². The average Bonchev–Trinajstić information content (AvgIpc) is 3.49. The van der Waals surface area contributed by atoms with E-state index in [-0.39, 0.29) is 12.0 Å². The van der Waals surface area contributed by atoms with Crippen molar-refractivity contribution in [1.29, 1.82) is 0 Å². The number of benzene rings is 2. The summed E-state index contributed by atoms with van der Waals surface area (Å²) in [5.74, 6) is 0.280. The van der Waals surface area contributed by atoms with Crippen molar-refractivity contribution in [2.45, 2.75) is 30.8 Å². The zero-order valence-corrected chi connectivity index (χ0v) is 17.6. The van der Waals surface area contributed by atoms with Crippen molar-refractivity contribution in [3.63, 3.8) is 0 Å². The largest absolute Gasteiger partial charge is 0.347 e. The topological polar surface area (TPSA) is 71.0 Å². The summed E-state index contributed by atoms with van der Waals surface area (Å²) in [5.41, 5.74) is 3.36. The quantitative estimate of drug-likeness (QED) is 0.528. The summed E-state index contributed by atoms with van der Waals surface area (Å²) in [6.07, 6.45) is 6.67. The van der Waals surface area contributed by atoms with E-state index in [1.165, 1.54) is 10.9 Å². The summed E-state index contributed by atoms with van der Waals surface area (Å²) in [6, 6.07) is 17.2.